The third-order valence-corrected chi connectivity index (χ3v) is 4.21. The van der Waals surface area contributed by atoms with Crippen LogP contribution in [0, 0.1) is 17.2 Å². The van der Waals surface area contributed by atoms with Crippen molar-refractivity contribution in [2.75, 3.05) is 20.2 Å². The predicted molar refractivity (Wildman–Crippen MR) is 71.2 cm³/mol. The maximum absolute atomic E-state index is 9.06. The van der Waals surface area contributed by atoms with Crippen LogP contribution in [-0.4, -0.2) is 30.1 Å². The third-order valence-electron chi connectivity index (χ3n) is 3.22. The van der Waals surface area contributed by atoms with Gasteiger partial charge in [0.05, 0.1) is 18.8 Å². The lowest BCUT2D eigenvalue weighted by Gasteiger charge is -2.29. The van der Waals surface area contributed by atoms with E-state index in [0.29, 0.717) is 11.5 Å². The van der Waals surface area contributed by atoms with Gasteiger partial charge in [-0.15, -0.1) is 11.3 Å². The summed E-state index contributed by atoms with van der Waals surface area (Å²) in [5.74, 6) is 0.771. The van der Waals surface area contributed by atoms with Crippen LogP contribution in [0.1, 0.15) is 35.3 Å². The minimum Gasteiger partial charge on any atom is -0.378 e. The van der Waals surface area contributed by atoms with Crippen LogP contribution in [0.2, 0.25) is 0 Å². The fraction of sp³-hybridized carbons (Fsp3) is 0.692. The minimum absolute atomic E-state index is 0.426. The summed E-state index contributed by atoms with van der Waals surface area (Å²) in [5, 5.41) is 10.1. The Morgan fingerprint density at radius 2 is 2.44 bits per heavy atom. The summed E-state index contributed by atoms with van der Waals surface area (Å²) in [6, 6.07) is 2.20. The molecule has 1 saturated heterocycles. The van der Waals surface area contributed by atoms with E-state index in [2.05, 4.69) is 22.9 Å². The standard InChI is InChI=1S/C13H19N3OS/c1-10-4-3-5-16(7-10)8-13-15-11(9-17-2)12(6-14)18-13/h10H,3-5,7-9H2,1-2H3. The van der Waals surface area contributed by atoms with Crippen molar-refractivity contribution in [2.24, 2.45) is 5.92 Å². The number of likely N-dealkylation sites (tertiary alicyclic amines) is 1. The third kappa shape index (κ3) is 3.29. The number of thiazole rings is 1. The van der Waals surface area contributed by atoms with E-state index in [9.17, 15) is 0 Å². The van der Waals surface area contributed by atoms with Crippen LogP contribution >= 0.6 is 11.3 Å². The molecule has 1 aliphatic heterocycles. The van der Waals surface area contributed by atoms with Crippen LogP contribution in [-0.2, 0) is 17.9 Å². The van der Waals surface area contributed by atoms with Crippen molar-refractivity contribution in [3.05, 3.63) is 15.6 Å². The van der Waals surface area contributed by atoms with Crippen LogP contribution in [0.3, 0.4) is 0 Å². The van der Waals surface area contributed by atoms with Gasteiger partial charge < -0.3 is 4.74 Å². The lowest BCUT2D eigenvalue weighted by atomic mass is 10.0. The highest BCUT2D eigenvalue weighted by Crippen LogP contribution is 2.22. The van der Waals surface area contributed by atoms with Gasteiger partial charge in [-0.2, -0.15) is 5.26 Å². The summed E-state index contributed by atoms with van der Waals surface area (Å²) in [4.78, 5) is 7.65. The molecule has 0 saturated carbocycles. The molecule has 1 aromatic heterocycles. The van der Waals surface area contributed by atoms with Gasteiger partial charge >= 0.3 is 0 Å². The van der Waals surface area contributed by atoms with Crippen LogP contribution < -0.4 is 0 Å². The van der Waals surface area contributed by atoms with Gasteiger partial charge in [0.1, 0.15) is 16.0 Å². The quantitative estimate of drug-likeness (QED) is 0.838. The fourth-order valence-electron chi connectivity index (χ4n) is 2.41. The lowest BCUT2D eigenvalue weighted by molar-refractivity contribution is 0.173. The van der Waals surface area contributed by atoms with Gasteiger partial charge in [0, 0.05) is 13.7 Å². The number of aromatic nitrogens is 1. The van der Waals surface area contributed by atoms with E-state index in [-0.39, 0.29) is 0 Å². The molecule has 0 amide bonds. The van der Waals surface area contributed by atoms with Crippen LogP contribution in [0.5, 0.6) is 0 Å². The first-order chi connectivity index (χ1) is 8.72. The van der Waals surface area contributed by atoms with Crippen LogP contribution in [0.25, 0.3) is 0 Å². The number of nitriles is 1. The monoisotopic (exact) mass is 265 g/mol. The van der Waals surface area contributed by atoms with Gasteiger partial charge in [-0.3, -0.25) is 4.90 Å². The number of hydrogen-bond acceptors (Lipinski definition) is 5. The second kappa shape index (κ2) is 6.28. The highest BCUT2D eigenvalue weighted by molar-refractivity contribution is 7.12. The molecule has 1 fully saturated rings. The molecule has 0 bridgehead atoms. The second-order valence-electron chi connectivity index (χ2n) is 4.91. The van der Waals surface area contributed by atoms with E-state index in [1.807, 2.05) is 0 Å². The molecule has 2 heterocycles. The molecule has 18 heavy (non-hydrogen) atoms. The van der Waals surface area contributed by atoms with E-state index in [1.54, 1.807) is 7.11 Å². The second-order valence-corrected chi connectivity index (χ2v) is 5.99. The molecule has 0 aliphatic carbocycles. The Kier molecular flexibility index (Phi) is 4.70. The molecule has 1 unspecified atom stereocenters. The van der Waals surface area contributed by atoms with Crippen molar-refractivity contribution in [2.45, 2.75) is 32.9 Å². The van der Waals surface area contributed by atoms with Gasteiger partial charge in [0.25, 0.3) is 0 Å². The Labute approximate surface area is 112 Å². The molecule has 0 spiro atoms. The minimum atomic E-state index is 0.426. The van der Waals surface area contributed by atoms with E-state index >= 15 is 0 Å². The maximum atomic E-state index is 9.06. The summed E-state index contributed by atoms with van der Waals surface area (Å²) >= 11 is 1.50. The fourth-order valence-corrected chi connectivity index (χ4v) is 3.32. The molecule has 0 aromatic carbocycles. The molecule has 5 heteroatoms. The number of piperidine rings is 1. The van der Waals surface area contributed by atoms with E-state index in [4.69, 9.17) is 10.00 Å². The van der Waals surface area contributed by atoms with Gasteiger partial charge in [-0.25, -0.2) is 4.98 Å². The van der Waals surface area contributed by atoms with Crippen LogP contribution in [0.15, 0.2) is 0 Å². The number of hydrogen-bond donors (Lipinski definition) is 0. The Hall–Kier alpha value is -0.960. The first-order valence-corrected chi connectivity index (χ1v) is 7.14. The Morgan fingerprint density at radius 3 is 3.11 bits per heavy atom. The molecular formula is C13H19N3OS. The van der Waals surface area contributed by atoms with Gasteiger partial charge in [-0.1, -0.05) is 6.92 Å². The van der Waals surface area contributed by atoms with Crippen molar-refractivity contribution in [3.63, 3.8) is 0 Å². The molecule has 98 valence electrons. The number of methoxy groups -OCH3 is 1. The van der Waals surface area contributed by atoms with Crippen molar-refractivity contribution in [3.8, 4) is 6.07 Å². The normalized spacial score (nSPS) is 20.8. The molecule has 0 N–H and O–H groups in total. The zero-order valence-electron chi connectivity index (χ0n) is 11.0. The summed E-state index contributed by atoms with van der Waals surface area (Å²) in [7, 11) is 1.63. The van der Waals surface area contributed by atoms with Crippen molar-refractivity contribution < 1.29 is 4.74 Å². The number of rotatable bonds is 4. The smallest absolute Gasteiger partial charge is 0.130 e. The average Bonchev–Trinajstić information content (AvgIpc) is 2.72. The van der Waals surface area contributed by atoms with E-state index in [0.717, 1.165) is 36.3 Å². The summed E-state index contributed by atoms with van der Waals surface area (Å²) in [6.07, 6.45) is 2.59. The Balaban J connectivity index is 2.03. The molecule has 1 atom stereocenters. The molecule has 0 radical (unpaired) electrons. The zero-order valence-corrected chi connectivity index (χ0v) is 11.8. The summed E-state index contributed by atoms with van der Waals surface area (Å²) in [5.41, 5.74) is 0.782. The maximum Gasteiger partial charge on any atom is 0.130 e. The van der Waals surface area contributed by atoms with Gasteiger partial charge in [0.2, 0.25) is 0 Å². The van der Waals surface area contributed by atoms with Gasteiger partial charge in [0.15, 0.2) is 0 Å². The van der Waals surface area contributed by atoms with Crippen LogP contribution in [0.4, 0.5) is 0 Å². The highest BCUT2D eigenvalue weighted by atomic mass is 32.1. The SMILES string of the molecule is COCc1nc(CN2CCCC(C)C2)sc1C#N. The molecule has 4 nitrogen and oxygen atoms in total. The Morgan fingerprint density at radius 1 is 1.61 bits per heavy atom. The van der Waals surface area contributed by atoms with E-state index < -0.39 is 0 Å². The van der Waals surface area contributed by atoms with Gasteiger partial charge in [-0.05, 0) is 25.3 Å². The zero-order chi connectivity index (χ0) is 13.0. The highest BCUT2D eigenvalue weighted by Gasteiger charge is 2.19. The lowest BCUT2D eigenvalue weighted by Crippen LogP contribution is -2.33. The average molecular weight is 265 g/mol. The molecular weight excluding hydrogens is 246 g/mol. The summed E-state index contributed by atoms with van der Waals surface area (Å²) in [6.45, 7) is 5.88. The molecule has 1 aliphatic rings. The topological polar surface area (TPSA) is 49.1 Å². The number of ether oxygens (including phenoxy) is 1. The largest absolute Gasteiger partial charge is 0.378 e. The summed E-state index contributed by atoms with van der Waals surface area (Å²) < 4.78 is 5.07. The predicted octanol–water partition coefficient (Wildman–Crippen LogP) is 2.39. The molecule has 1 aromatic rings. The first-order valence-electron chi connectivity index (χ1n) is 6.33. The van der Waals surface area contributed by atoms with Crippen molar-refractivity contribution >= 4 is 11.3 Å². The van der Waals surface area contributed by atoms with Crippen molar-refractivity contribution in [1.82, 2.24) is 9.88 Å². The van der Waals surface area contributed by atoms with E-state index in [1.165, 1.54) is 24.2 Å². The Bertz CT molecular complexity index is 438. The number of nitrogens with zero attached hydrogens (tertiary/aromatic N) is 3. The van der Waals surface area contributed by atoms with Crippen molar-refractivity contribution in [1.29, 1.82) is 5.26 Å². The first kappa shape index (κ1) is 13.5. The molecule has 2 rings (SSSR count).